The van der Waals surface area contributed by atoms with E-state index in [4.69, 9.17) is 178 Å². The van der Waals surface area contributed by atoms with E-state index in [1.807, 2.05) is 0 Å². The summed E-state index contributed by atoms with van der Waals surface area (Å²) in [6.07, 6.45) is -26.7. The number of nitrogens with one attached hydrogen (secondary N) is 4. The molecule has 11 aromatic rings. The number of anilines is 7. The Bertz CT molecular complexity index is 7820. The summed E-state index contributed by atoms with van der Waals surface area (Å²) < 4.78 is 169. The molecular formula is C70H88N29O37P7S5-4. The highest BCUT2D eigenvalue weighted by atomic mass is 32.7. The third kappa shape index (κ3) is 24.1. The van der Waals surface area contributed by atoms with E-state index in [0.717, 1.165) is 50.6 Å². The second kappa shape index (κ2) is 42.6. The molecule has 66 nitrogen and oxygen atoms in total. The Kier molecular flexibility index (Phi) is 31.3. The molecule has 18 rings (SSSR count). The van der Waals surface area contributed by atoms with Crippen LogP contribution in [0.3, 0.4) is 0 Å². The smallest absolute Gasteiger partial charge is 0.351 e. The quantitative estimate of drug-likeness (QED) is 0.00973. The van der Waals surface area contributed by atoms with Crippen molar-refractivity contribution in [1.82, 2.24) is 107 Å². The van der Waals surface area contributed by atoms with Crippen LogP contribution in [0, 0.1) is 20.8 Å². The summed E-state index contributed by atoms with van der Waals surface area (Å²) >= 11 is 27.9. The van der Waals surface area contributed by atoms with Crippen molar-refractivity contribution >= 4 is 195 Å². The summed E-state index contributed by atoms with van der Waals surface area (Å²) in [4.78, 5) is 234. The molecule has 0 aromatic carbocycles. The van der Waals surface area contributed by atoms with Crippen LogP contribution >= 0.6 is 49.3 Å². The van der Waals surface area contributed by atoms with Gasteiger partial charge in [0, 0.05) is 111 Å². The Hall–Kier alpha value is -8.80. The maximum atomic E-state index is 15.4. The predicted molar refractivity (Wildman–Crippen MR) is 511 cm³/mol. The van der Waals surface area contributed by atoms with Crippen LogP contribution in [-0.2, 0) is 156 Å². The number of nitrogens with zero attached hydrogens (tertiary/aromatic N) is 18. The average molecular weight is 2300 g/mol. The maximum absolute atomic E-state index is 15.4. The number of phosphoric acid groups is 2. The van der Waals surface area contributed by atoms with Gasteiger partial charge in [-0.3, -0.25) is 98.5 Å². The number of imidazole rings is 4. The zero-order chi connectivity index (χ0) is 106. The molecule has 7 aliphatic heterocycles. The molecule has 0 aliphatic carbocycles. The molecule has 7 saturated heterocycles. The van der Waals surface area contributed by atoms with E-state index in [1.165, 1.54) is 46.3 Å². The molecule has 78 heteroatoms. The van der Waals surface area contributed by atoms with Gasteiger partial charge in [0.15, 0.2) is 82.5 Å². The van der Waals surface area contributed by atoms with E-state index in [9.17, 15) is 61.9 Å². The number of fused-ring (bicyclic) bond motifs is 4. The van der Waals surface area contributed by atoms with Gasteiger partial charge in [0.2, 0.25) is 23.8 Å². The number of rotatable bonds is 39. The zero-order valence-corrected chi connectivity index (χ0v) is 87.0. The molecule has 0 amide bonds. The van der Waals surface area contributed by atoms with Gasteiger partial charge < -0.3 is 160 Å². The summed E-state index contributed by atoms with van der Waals surface area (Å²) in [7, 11) is -10.3. The average Bonchev–Trinajstić information content (AvgIpc) is 1.90. The van der Waals surface area contributed by atoms with Gasteiger partial charge in [-0.25, -0.2) is 38.9 Å². The number of aromatic amines is 4. The molecule has 18 heterocycles. The molecule has 804 valence electrons. The molecule has 0 saturated carbocycles. The number of ether oxygens (including phenoxy) is 7. The highest BCUT2D eigenvalue weighted by molar-refractivity contribution is 8.32. The molecule has 7 fully saturated rings. The van der Waals surface area contributed by atoms with E-state index in [2.05, 4.69) is 92.9 Å². The largest absolute Gasteiger partial charge is 0.780 e. The molecular weight excluding hydrogens is 2220 g/mol. The molecule has 28 atom stereocenters. The lowest BCUT2D eigenvalue weighted by Crippen LogP contribution is -2.37. The lowest BCUT2D eigenvalue weighted by Gasteiger charge is -2.36. The Morgan fingerprint density at radius 1 is 0.399 bits per heavy atom. The molecule has 148 heavy (non-hydrogen) atoms. The fraction of sp³-hybridized carbons (Fsp3) is 0.543. The number of nitrogen functional groups attached to an aromatic ring is 7. The predicted octanol–water partition coefficient (Wildman–Crippen LogP) is -5.46. The van der Waals surface area contributed by atoms with Crippen molar-refractivity contribution in [1.29, 1.82) is 0 Å². The number of phosphoric ester groups is 2. The van der Waals surface area contributed by atoms with Crippen molar-refractivity contribution in [3.8, 4) is 0 Å². The minimum absolute atomic E-state index is 0.0186. The number of nitrogens with two attached hydrogens (primary N) is 7. The fourth-order valence-corrected chi connectivity index (χ4v) is 26.6. The highest BCUT2D eigenvalue weighted by Gasteiger charge is 2.53. The normalized spacial score (nSPS) is 29.3. The standard InChI is InChI=1S/C70H92N29O37P7S5/c1-6-28-29(7-43(121-28)96-21-78-47-54(96)85-64(74)89-58(47)100)130-139(111,144)118-18-37-31(9-40(122-37)93-14-25(2)51(71)82-68(93)104)131-140(112,145)119-19-38-32(11-45(125-38)98-23-80-49-56(98)87-66(76)91-60(49)102)132-141(113,146)120-20-39-33(10-41(123-39)94-15-26(3)52(72)83-69(94)105)133-142(114,147)136-63-35(13-46(127-63)99-24-81-50-57(99)88-67(77)92-61(50)103)134-143(115,148)135-62-34(12-42(126-62)95-16-27(4)53(73)84-70(95)106)129-138(109,110)117-17-36-30(128-137(107,108)116-5)8-44(124-36)97-22-79-48-55(97)86-65(75)90-59(48)101/h14-16,21-24,28-46,62-63H,6-13,17-20H2,1-5H3,(H,107,108)(H,109,110)(H,111,144)(H,112,145)(H,113,146)(H,114,147)(H,115,148)(H2,71,82,104)(H2,72,83,105)(H2,73,84,106)(H3,74,85,89,100)(H3,75,86,90,101)(H3,76,87,91,102)(H3,77,88,92,103)/p-4/t28-,29-,30-,31-,32-,33-,34-,35-,36-,37-,38-,39-,40-,41-,42-,43-,44-,45-,46-,62-,63-,139?,140?,141?,142?,143?/m1/s1. The van der Waals surface area contributed by atoms with Crippen LogP contribution < -0.4 is 109 Å². The fourth-order valence-electron chi connectivity index (χ4n) is 17.2. The SMILES string of the molecule is CC[C@H]1O[C@@H](n2cnc3c(=O)[nH]c(N)nc32)C[C@H]1OP([O-])(=S)OC[C@H]1O[C@@H](n2cc(C)c(N)nc2=O)C[C@H]1OP(=O)([S-])[OH+]C[C@H]1O[C@@H](n2cnc3c(=O)[nH]c(N)nc32)C[C@H]1OP([O-])(=S)[OH+]C[C@H]1O[C@@H](n2cc(C)c(N)nc2=O)C[C@H]1OP([O-])(=S)[OH+][C@H]1O[C@@H](n2cnc3c(=O)[nH]c(N)nc32)C[C@H]1OP([O-])(=S)O[C@H]1O[C@@H](n2cc(C)c(N)nc2=O)C[C@H]1OP(=O)([O-])OC[C@H]1O[C@@H](n2cnc3c(=O)[nH]c(N)nc32)C[C@H]1OP(=O)([O-])OC. The van der Waals surface area contributed by atoms with Crippen molar-refractivity contribution in [2.75, 3.05) is 73.7 Å². The number of hydrogen-bond acceptors (Lipinski definition) is 57. The van der Waals surface area contributed by atoms with Crippen LogP contribution in [0.15, 0.2) is 77.5 Å². The maximum Gasteiger partial charge on any atom is 0.351 e. The number of aliphatic hydroxyl groups is 3. The van der Waals surface area contributed by atoms with Gasteiger partial charge in [-0.05, 0) is 27.2 Å². The first-order valence-corrected chi connectivity index (χ1v) is 59.6. The van der Waals surface area contributed by atoms with Crippen LogP contribution in [0.4, 0.5) is 41.2 Å². The number of aryl methyl sites for hydroxylation is 3. The Balaban J connectivity index is 0.583. The Morgan fingerprint density at radius 2 is 0.730 bits per heavy atom. The van der Waals surface area contributed by atoms with E-state index >= 15 is 14.7 Å². The Morgan fingerprint density at radius 3 is 1.15 bits per heavy atom. The second-order valence-corrected chi connectivity index (χ2v) is 50.7. The van der Waals surface area contributed by atoms with E-state index in [0.29, 0.717) is 12.0 Å². The van der Waals surface area contributed by atoms with Crippen molar-refractivity contribution in [2.24, 2.45) is 0 Å². The van der Waals surface area contributed by atoms with Crippen molar-refractivity contribution in [2.45, 2.75) is 208 Å². The van der Waals surface area contributed by atoms with Gasteiger partial charge in [-0.1, -0.05) is 30.5 Å². The number of H-pyrrole nitrogens is 4. The van der Waals surface area contributed by atoms with Crippen LogP contribution in [0.2, 0.25) is 0 Å². The third-order valence-corrected chi connectivity index (χ3v) is 34.1. The lowest BCUT2D eigenvalue weighted by atomic mass is 10.1. The van der Waals surface area contributed by atoms with Gasteiger partial charge in [0.25, 0.3) is 57.6 Å². The number of hydrogen-bond donors (Lipinski definition) is 11. The van der Waals surface area contributed by atoms with Crippen molar-refractivity contribution in [3.05, 3.63) is 133 Å². The minimum Gasteiger partial charge on any atom is -0.780 e. The van der Waals surface area contributed by atoms with Crippen LogP contribution in [0.5, 0.6) is 0 Å². The molecule has 0 bridgehead atoms. The van der Waals surface area contributed by atoms with Gasteiger partial charge in [-0.2, -0.15) is 34.9 Å². The van der Waals surface area contributed by atoms with Crippen LogP contribution in [0.1, 0.15) is 119 Å². The van der Waals surface area contributed by atoms with Crippen LogP contribution in [0.25, 0.3) is 44.7 Å². The molecule has 7 unspecified atom stereocenters. The Labute approximate surface area is 851 Å². The van der Waals surface area contributed by atoms with Crippen molar-refractivity contribution < 1.29 is 140 Å². The summed E-state index contributed by atoms with van der Waals surface area (Å²) in [5.41, 5.74) is 35.1. The van der Waals surface area contributed by atoms with Gasteiger partial charge >= 0.3 is 23.9 Å². The van der Waals surface area contributed by atoms with Crippen LogP contribution in [-0.4, -0.2) is 240 Å². The highest BCUT2D eigenvalue weighted by Crippen LogP contribution is 2.58. The monoisotopic (exact) mass is 2300 g/mol. The first-order valence-electron chi connectivity index (χ1n) is 43.8. The first kappa shape index (κ1) is 109. The third-order valence-electron chi connectivity index (χ3n) is 24.1. The lowest BCUT2D eigenvalue weighted by molar-refractivity contribution is -0.282. The summed E-state index contributed by atoms with van der Waals surface area (Å²) in [6.45, 7) is -22.4. The van der Waals surface area contributed by atoms with Crippen molar-refractivity contribution in [3.63, 3.8) is 0 Å². The first-order chi connectivity index (χ1) is 69.7. The second-order valence-electron chi connectivity index (χ2n) is 34.1. The van der Waals surface area contributed by atoms with Gasteiger partial charge in [0.05, 0.1) is 56.8 Å². The zero-order valence-electron chi connectivity index (χ0n) is 76.6. The summed E-state index contributed by atoms with van der Waals surface area (Å²) in [5.74, 6) is -1.88. The van der Waals surface area contributed by atoms with E-state index in [1.54, 1.807) is 13.8 Å². The molecule has 11 aromatic heterocycles. The summed E-state index contributed by atoms with van der Waals surface area (Å²) in [5, 5.41) is 0. The molecule has 0 spiro atoms. The van der Waals surface area contributed by atoms with E-state index < -0.39 is 283 Å². The molecule has 7 aliphatic rings. The van der Waals surface area contributed by atoms with Gasteiger partial charge in [-0.15, -0.1) is 0 Å². The molecule has 0 radical (unpaired) electrons. The van der Waals surface area contributed by atoms with Gasteiger partial charge in [0.1, 0.15) is 111 Å². The topological polar surface area (TPSA) is 935 Å². The molecule has 21 N–H and O–H groups in total. The van der Waals surface area contributed by atoms with E-state index in [-0.39, 0.29) is 104 Å². The number of aromatic nitrogens is 22. The minimum atomic E-state index is -5.89. The summed E-state index contributed by atoms with van der Waals surface area (Å²) in [6, 6.07) is 0.